The van der Waals surface area contributed by atoms with Crippen LogP contribution in [0.15, 0.2) is 18.2 Å². The number of ether oxygens (including phenoxy) is 1. The van der Waals surface area contributed by atoms with E-state index in [-0.39, 0.29) is 11.9 Å². The van der Waals surface area contributed by atoms with Gasteiger partial charge in [0.05, 0.1) is 0 Å². The Morgan fingerprint density at radius 3 is 3.00 bits per heavy atom. The average molecular weight is 190 g/mol. The Balaban J connectivity index is 2.46. The second-order valence-electron chi connectivity index (χ2n) is 3.91. The maximum atomic E-state index is 11.5. The van der Waals surface area contributed by atoms with Gasteiger partial charge in [-0.15, -0.1) is 0 Å². The van der Waals surface area contributed by atoms with Crippen LogP contribution in [0.25, 0.3) is 0 Å². The molecule has 0 saturated carbocycles. The van der Waals surface area contributed by atoms with Crippen molar-refractivity contribution in [1.29, 1.82) is 0 Å². The van der Waals surface area contributed by atoms with E-state index in [1.165, 1.54) is 0 Å². The quantitative estimate of drug-likeness (QED) is 0.627. The zero-order valence-electron chi connectivity index (χ0n) is 8.54. The van der Waals surface area contributed by atoms with Gasteiger partial charge in [-0.1, -0.05) is 18.2 Å². The molecule has 74 valence electrons. The number of aryl methyl sites for hydroxylation is 1. The molecule has 0 unspecified atom stereocenters. The summed E-state index contributed by atoms with van der Waals surface area (Å²) in [5.74, 6) is 1.17. The Kier molecular flexibility index (Phi) is 2.28. The summed E-state index contributed by atoms with van der Waals surface area (Å²) in [7, 11) is 0. The zero-order valence-corrected chi connectivity index (χ0v) is 8.54. The van der Waals surface area contributed by atoms with Gasteiger partial charge in [0, 0.05) is 18.4 Å². The van der Waals surface area contributed by atoms with Crippen LogP contribution >= 0.6 is 0 Å². The number of ketones is 1. The molecule has 1 heterocycles. The number of hydrogen-bond donors (Lipinski definition) is 0. The van der Waals surface area contributed by atoms with Gasteiger partial charge in [-0.25, -0.2) is 0 Å². The predicted molar refractivity (Wildman–Crippen MR) is 54.6 cm³/mol. The summed E-state index contributed by atoms with van der Waals surface area (Å²) in [6.07, 6.45) is 1.04. The lowest BCUT2D eigenvalue weighted by molar-refractivity contribution is -0.119. The molecule has 0 aromatic heterocycles. The summed E-state index contributed by atoms with van der Waals surface area (Å²) in [6.45, 7) is 3.96. The van der Waals surface area contributed by atoms with Gasteiger partial charge in [-0.2, -0.15) is 0 Å². The molecule has 0 bridgehead atoms. The number of Topliss-reactive ketones (excluding diaryl/α,β-unsaturated/α-hetero) is 1. The lowest BCUT2D eigenvalue weighted by Gasteiger charge is -2.13. The smallest absolute Gasteiger partial charge is 0.141 e. The standard InChI is InChI=1S/C12H14O2/c1-8-4-3-5-10-7-11(13)6-9(2)14-12(8)10/h3-5,9H,6-7H2,1-2H3/t9-/m1/s1. The topological polar surface area (TPSA) is 26.3 Å². The highest BCUT2D eigenvalue weighted by Crippen LogP contribution is 2.28. The van der Waals surface area contributed by atoms with Gasteiger partial charge < -0.3 is 4.74 Å². The SMILES string of the molecule is Cc1cccc2c1O[C@H](C)CC(=O)C2. The first kappa shape index (κ1) is 9.25. The van der Waals surface area contributed by atoms with Crippen LogP contribution in [0.1, 0.15) is 24.5 Å². The van der Waals surface area contributed by atoms with Crippen LogP contribution in [-0.2, 0) is 11.2 Å². The number of carbonyl (C=O) groups excluding carboxylic acids is 1. The molecule has 1 aliphatic rings. The molecule has 0 N–H and O–H groups in total. The van der Waals surface area contributed by atoms with E-state index in [0.29, 0.717) is 12.8 Å². The molecule has 1 aliphatic heterocycles. The Hall–Kier alpha value is -1.31. The number of hydrogen-bond acceptors (Lipinski definition) is 2. The molecule has 0 fully saturated rings. The van der Waals surface area contributed by atoms with Crippen molar-refractivity contribution in [1.82, 2.24) is 0 Å². The van der Waals surface area contributed by atoms with Crippen molar-refractivity contribution < 1.29 is 9.53 Å². The lowest BCUT2D eigenvalue weighted by atomic mass is 10.0. The summed E-state index contributed by atoms with van der Waals surface area (Å²) >= 11 is 0. The monoisotopic (exact) mass is 190 g/mol. The minimum atomic E-state index is 0.00449. The number of carbonyl (C=O) groups is 1. The van der Waals surface area contributed by atoms with Gasteiger partial charge in [0.25, 0.3) is 0 Å². The van der Waals surface area contributed by atoms with Crippen molar-refractivity contribution >= 4 is 5.78 Å². The fraction of sp³-hybridized carbons (Fsp3) is 0.417. The van der Waals surface area contributed by atoms with Crippen molar-refractivity contribution in [2.75, 3.05) is 0 Å². The highest BCUT2D eigenvalue weighted by molar-refractivity contribution is 5.82. The molecule has 1 aromatic carbocycles. The molecule has 2 rings (SSSR count). The first-order chi connectivity index (χ1) is 6.66. The average Bonchev–Trinajstić information content (AvgIpc) is 2.23. The van der Waals surface area contributed by atoms with Gasteiger partial charge in [0.2, 0.25) is 0 Å². The van der Waals surface area contributed by atoms with E-state index in [0.717, 1.165) is 16.9 Å². The van der Waals surface area contributed by atoms with Crippen molar-refractivity contribution in [3.8, 4) is 5.75 Å². The number of para-hydroxylation sites is 1. The minimum Gasteiger partial charge on any atom is -0.490 e. The van der Waals surface area contributed by atoms with Crippen LogP contribution in [0.4, 0.5) is 0 Å². The third-order valence-electron chi connectivity index (χ3n) is 2.52. The first-order valence-corrected chi connectivity index (χ1v) is 4.93. The minimum absolute atomic E-state index is 0.00449. The molecule has 0 spiro atoms. The third-order valence-corrected chi connectivity index (χ3v) is 2.52. The molecule has 14 heavy (non-hydrogen) atoms. The summed E-state index contributed by atoms with van der Waals surface area (Å²) in [5, 5.41) is 0. The fourth-order valence-corrected chi connectivity index (χ4v) is 1.87. The van der Waals surface area contributed by atoms with Gasteiger partial charge >= 0.3 is 0 Å². The maximum Gasteiger partial charge on any atom is 0.141 e. The van der Waals surface area contributed by atoms with E-state index in [2.05, 4.69) is 0 Å². The highest BCUT2D eigenvalue weighted by Gasteiger charge is 2.20. The van der Waals surface area contributed by atoms with Crippen LogP contribution in [0.3, 0.4) is 0 Å². The van der Waals surface area contributed by atoms with E-state index in [9.17, 15) is 4.79 Å². The van der Waals surface area contributed by atoms with E-state index in [1.807, 2.05) is 32.0 Å². The van der Waals surface area contributed by atoms with Crippen LogP contribution in [-0.4, -0.2) is 11.9 Å². The van der Waals surface area contributed by atoms with E-state index in [1.54, 1.807) is 0 Å². The summed E-state index contributed by atoms with van der Waals surface area (Å²) in [5.41, 5.74) is 2.14. The number of rotatable bonds is 0. The molecule has 0 radical (unpaired) electrons. The fourth-order valence-electron chi connectivity index (χ4n) is 1.87. The summed E-state index contributed by atoms with van der Waals surface area (Å²) in [4.78, 5) is 11.5. The van der Waals surface area contributed by atoms with Crippen molar-refractivity contribution in [2.24, 2.45) is 0 Å². The number of benzene rings is 1. The van der Waals surface area contributed by atoms with Crippen LogP contribution in [0, 0.1) is 6.92 Å². The van der Waals surface area contributed by atoms with Crippen LogP contribution in [0.2, 0.25) is 0 Å². The molecule has 1 aromatic rings. The molecule has 0 amide bonds. The molecule has 0 aliphatic carbocycles. The zero-order chi connectivity index (χ0) is 10.1. The molecule has 2 heteroatoms. The van der Waals surface area contributed by atoms with E-state index >= 15 is 0 Å². The first-order valence-electron chi connectivity index (χ1n) is 4.93. The lowest BCUT2D eigenvalue weighted by Crippen LogP contribution is -2.14. The third kappa shape index (κ3) is 1.65. The Labute approximate surface area is 83.9 Å². The predicted octanol–water partition coefficient (Wildman–Crippen LogP) is 2.28. The highest BCUT2D eigenvalue weighted by atomic mass is 16.5. The van der Waals surface area contributed by atoms with Gasteiger partial charge in [0.15, 0.2) is 0 Å². The van der Waals surface area contributed by atoms with Crippen LogP contribution in [0.5, 0.6) is 5.75 Å². The van der Waals surface area contributed by atoms with Crippen LogP contribution < -0.4 is 4.74 Å². The Bertz CT molecular complexity index is 369. The second kappa shape index (κ2) is 3.45. The molecular weight excluding hydrogens is 176 g/mol. The van der Waals surface area contributed by atoms with Crippen molar-refractivity contribution in [2.45, 2.75) is 32.8 Å². The molecule has 0 saturated heterocycles. The van der Waals surface area contributed by atoms with E-state index < -0.39 is 0 Å². The van der Waals surface area contributed by atoms with Gasteiger partial charge in [-0.05, 0) is 19.4 Å². The normalized spacial score (nSPS) is 21.0. The largest absolute Gasteiger partial charge is 0.490 e. The van der Waals surface area contributed by atoms with Gasteiger partial charge in [0.1, 0.15) is 17.6 Å². The second-order valence-corrected chi connectivity index (χ2v) is 3.91. The molecular formula is C12H14O2. The summed E-state index contributed by atoms with van der Waals surface area (Å²) < 4.78 is 5.74. The van der Waals surface area contributed by atoms with Crippen molar-refractivity contribution in [3.63, 3.8) is 0 Å². The summed E-state index contributed by atoms with van der Waals surface area (Å²) in [6, 6.07) is 5.96. The Morgan fingerprint density at radius 2 is 2.21 bits per heavy atom. The Morgan fingerprint density at radius 1 is 1.43 bits per heavy atom. The number of fused-ring (bicyclic) bond motifs is 1. The van der Waals surface area contributed by atoms with E-state index in [4.69, 9.17) is 4.74 Å². The van der Waals surface area contributed by atoms with Crippen molar-refractivity contribution in [3.05, 3.63) is 29.3 Å². The maximum absolute atomic E-state index is 11.5. The van der Waals surface area contributed by atoms with Gasteiger partial charge in [-0.3, -0.25) is 4.79 Å². The molecule has 2 nitrogen and oxygen atoms in total. The molecule has 1 atom stereocenters.